The minimum atomic E-state index is 0.177. The first-order valence-electron chi connectivity index (χ1n) is 7.92. The molecule has 0 aliphatic carbocycles. The van der Waals surface area contributed by atoms with Crippen molar-refractivity contribution in [2.45, 2.75) is 6.92 Å². The number of halogens is 1. The third-order valence-electron chi connectivity index (χ3n) is 4.50. The van der Waals surface area contributed by atoms with Crippen molar-refractivity contribution in [3.63, 3.8) is 0 Å². The summed E-state index contributed by atoms with van der Waals surface area (Å²) < 4.78 is 11.7. The summed E-state index contributed by atoms with van der Waals surface area (Å²) in [6.45, 7) is 1.99. The molecule has 0 radical (unpaired) electrons. The first kappa shape index (κ1) is 16.7. The Labute approximate surface area is 157 Å². The van der Waals surface area contributed by atoms with Crippen LogP contribution < -0.4 is 9.47 Å². The number of pyridine rings is 1. The lowest BCUT2D eigenvalue weighted by molar-refractivity contribution is 0.354. The minimum Gasteiger partial charge on any atom is -0.507 e. The monoisotopic (exact) mass is 413 g/mol. The number of phenolic OH excluding ortho intramolecular Hbond substituents is 1. The highest BCUT2D eigenvalue weighted by molar-refractivity contribution is 9.10. The van der Waals surface area contributed by atoms with Crippen molar-refractivity contribution in [3.05, 3.63) is 40.5 Å². The third-order valence-corrected chi connectivity index (χ3v) is 5.13. The van der Waals surface area contributed by atoms with Gasteiger partial charge < -0.3 is 14.6 Å². The zero-order valence-electron chi connectivity index (χ0n) is 14.4. The van der Waals surface area contributed by atoms with E-state index >= 15 is 0 Å². The number of H-pyrrole nitrogens is 1. The molecule has 132 valence electrons. The molecule has 0 saturated heterocycles. The Hall–Kier alpha value is -2.80. The summed E-state index contributed by atoms with van der Waals surface area (Å²) in [5.74, 6) is 1.50. The van der Waals surface area contributed by atoms with Crippen molar-refractivity contribution < 1.29 is 14.6 Å². The van der Waals surface area contributed by atoms with Crippen molar-refractivity contribution in [2.24, 2.45) is 0 Å². The predicted octanol–water partition coefficient (Wildman–Crippen LogP) is 4.57. The van der Waals surface area contributed by atoms with E-state index in [9.17, 15) is 5.11 Å². The second-order valence-corrected chi connectivity index (χ2v) is 6.77. The molecule has 0 bridgehead atoms. The number of nitrogens with zero attached hydrogens (tertiary/aromatic N) is 2. The van der Waals surface area contributed by atoms with E-state index in [0.29, 0.717) is 21.6 Å². The highest BCUT2D eigenvalue weighted by atomic mass is 79.9. The van der Waals surface area contributed by atoms with Crippen LogP contribution in [-0.2, 0) is 0 Å². The number of aryl methyl sites for hydroxylation is 1. The van der Waals surface area contributed by atoms with Crippen LogP contribution in [0.2, 0.25) is 0 Å². The fourth-order valence-electron chi connectivity index (χ4n) is 3.30. The molecular formula is C19H16BrN3O3. The average Bonchev–Trinajstić information content (AvgIpc) is 3.11. The number of hydrogen-bond acceptors (Lipinski definition) is 5. The maximum Gasteiger partial charge on any atom is 0.164 e. The van der Waals surface area contributed by atoms with E-state index in [1.807, 2.05) is 25.1 Å². The number of benzene rings is 2. The molecule has 2 N–H and O–H groups in total. The highest BCUT2D eigenvalue weighted by Gasteiger charge is 2.19. The van der Waals surface area contributed by atoms with E-state index in [4.69, 9.17) is 14.5 Å². The molecule has 4 rings (SSSR count). The second kappa shape index (κ2) is 6.17. The normalized spacial score (nSPS) is 11.2. The molecule has 7 heteroatoms. The number of aromatic nitrogens is 3. The van der Waals surface area contributed by atoms with E-state index in [0.717, 1.165) is 33.0 Å². The van der Waals surface area contributed by atoms with Gasteiger partial charge in [0.25, 0.3) is 0 Å². The van der Waals surface area contributed by atoms with Gasteiger partial charge >= 0.3 is 0 Å². The van der Waals surface area contributed by atoms with Gasteiger partial charge in [0.1, 0.15) is 5.75 Å². The van der Waals surface area contributed by atoms with Gasteiger partial charge in [-0.25, -0.2) is 4.98 Å². The Morgan fingerprint density at radius 1 is 1.12 bits per heavy atom. The number of rotatable bonds is 3. The molecule has 0 aliphatic heterocycles. The van der Waals surface area contributed by atoms with Gasteiger partial charge in [-0.3, -0.25) is 5.10 Å². The van der Waals surface area contributed by atoms with Gasteiger partial charge in [0.15, 0.2) is 17.1 Å². The predicted molar refractivity (Wildman–Crippen MR) is 104 cm³/mol. The molecule has 0 saturated carbocycles. The summed E-state index contributed by atoms with van der Waals surface area (Å²) in [5, 5.41) is 19.8. The van der Waals surface area contributed by atoms with Crippen molar-refractivity contribution in [1.82, 2.24) is 15.2 Å². The molecule has 0 amide bonds. The van der Waals surface area contributed by atoms with Crippen molar-refractivity contribution in [1.29, 1.82) is 0 Å². The number of phenols is 1. The molecule has 0 atom stereocenters. The lowest BCUT2D eigenvalue weighted by Crippen LogP contribution is -1.97. The standard InChI is InChI=1S/C19H16BrN3O3/c1-9-16-11(7-15(25-2)18(9)26-3)17(22-19-12(16)8-21-23-19)10-4-5-14(24)13(20)6-10/h4-8,24H,1-3H3,(H,21,22,23). The van der Waals surface area contributed by atoms with Crippen LogP contribution in [0, 0.1) is 6.92 Å². The maximum absolute atomic E-state index is 9.82. The summed E-state index contributed by atoms with van der Waals surface area (Å²) >= 11 is 3.37. The van der Waals surface area contributed by atoms with E-state index in [2.05, 4.69) is 26.1 Å². The van der Waals surface area contributed by atoms with Crippen LogP contribution in [0.5, 0.6) is 17.2 Å². The summed E-state index contributed by atoms with van der Waals surface area (Å²) in [6.07, 6.45) is 1.76. The fraction of sp³-hybridized carbons (Fsp3) is 0.158. The zero-order chi connectivity index (χ0) is 18.4. The Bertz CT molecular complexity index is 1150. The second-order valence-electron chi connectivity index (χ2n) is 5.92. The first-order valence-corrected chi connectivity index (χ1v) is 8.71. The molecule has 0 aliphatic rings. The zero-order valence-corrected chi connectivity index (χ0v) is 16.0. The molecule has 6 nitrogen and oxygen atoms in total. The number of hydrogen-bond donors (Lipinski definition) is 2. The molecule has 2 aromatic heterocycles. The molecule has 26 heavy (non-hydrogen) atoms. The molecule has 4 aromatic rings. The van der Waals surface area contributed by atoms with Crippen molar-refractivity contribution in [2.75, 3.05) is 14.2 Å². The van der Waals surface area contributed by atoms with Crippen LogP contribution >= 0.6 is 15.9 Å². The number of ether oxygens (including phenoxy) is 2. The average molecular weight is 414 g/mol. The smallest absolute Gasteiger partial charge is 0.164 e. The largest absolute Gasteiger partial charge is 0.507 e. The lowest BCUT2D eigenvalue weighted by Gasteiger charge is -2.16. The molecular weight excluding hydrogens is 398 g/mol. The quantitative estimate of drug-likeness (QED) is 0.513. The van der Waals surface area contributed by atoms with Crippen LogP contribution in [0.15, 0.2) is 34.9 Å². The topological polar surface area (TPSA) is 80.3 Å². The Morgan fingerprint density at radius 3 is 2.62 bits per heavy atom. The summed E-state index contributed by atoms with van der Waals surface area (Å²) in [7, 11) is 3.24. The summed E-state index contributed by atoms with van der Waals surface area (Å²) in [5.41, 5.74) is 3.27. The van der Waals surface area contributed by atoms with Gasteiger partial charge in [-0.2, -0.15) is 5.10 Å². The molecule has 0 fully saturated rings. The van der Waals surface area contributed by atoms with E-state index in [1.165, 1.54) is 0 Å². The Kier molecular flexibility index (Phi) is 3.96. The highest BCUT2D eigenvalue weighted by Crippen LogP contribution is 2.43. The van der Waals surface area contributed by atoms with E-state index < -0.39 is 0 Å². The van der Waals surface area contributed by atoms with E-state index in [1.54, 1.807) is 26.5 Å². The molecule has 0 spiro atoms. The maximum atomic E-state index is 9.82. The number of methoxy groups -OCH3 is 2. The Morgan fingerprint density at radius 2 is 1.92 bits per heavy atom. The first-order chi connectivity index (χ1) is 12.5. The van der Waals surface area contributed by atoms with Crippen LogP contribution in [-0.4, -0.2) is 34.5 Å². The van der Waals surface area contributed by atoms with Gasteiger partial charge in [-0.1, -0.05) is 0 Å². The fourth-order valence-corrected chi connectivity index (χ4v) is 3.68. The van der Waals surface area contributed by atoms with Crippen LogP contribution in [0.25, 0.3) is 33.1 Å². The number of aromatic amines is 1. The molecule has 2 aromatic carbocycles. The van der Waals surface area contributed by atoms with Gasteiger partial charge in [0.05, 0.1) is 30.6 Å². The minimum absolute atomic E-state index is 0.177. The van der Waals surface area contributed by atoms with Gasteiger partial charge in [0, 0.05) is 27.3 Å². The van der Waals surface area contributed by atoms with E-state index in [-0.39, 0.29) is 5.75 Å². The van der Waals surface area contributed by atoms with Gasteiger partial charge in [0.2, 0.25) is 0 Å². The van der Waals surface area contributed by atoms with Crippen molar-refractivity contribution in [3.8, 4) is 28.5 Å². The number of aromatic hydroxyl groups is 1. The molecule has 2 heterocycles. The number of fused-ring (bicyclic) bond motifs is 3. The van der Waals surface area contributed by atoms with Crippen LogP contribution in [0.4, 0.5) is 0 Å². The SMILES string of the molecule is COc1cc2c(-c3ccc(O)c(Br)c3)nc3[nH]ncc3c2c(C)c1OC. The van der Waals surface area contributed by atoms with Crippen molar-refractivity contribution >= 4 is 37.7 Å². The van der Waals surface area contributed by atoms with Gasteiger partial charge in [-0.05, 0) is 47.1 Å². The third kappa shape index (κ3) is 2.39. The van der Waals surface area contributed by atoms with Gasteiger partial charge in [-0.15, -0.1) is 0 Å². The van der Waals surface area contributed by atoms with Crippen LogP contribution in [0.3, 0.4) is 0 Å². The summed E-state index contributed by atoms with van der Waals surface area (Å²) in [4.78, 5) is 4.76. The summed E-state index contributed by atoms with van der Waals surface area (Å²) in [6, 6.07) is 7.23. The molecule has 0 unspecified atom stereocenters. The lowest BCUT2D eigenvalue weighted by atomic mass is 9.97. The Balaban J connectivity index is 2.18. The number of nitrogens with one attached hydrogen (secondary N) is 1. The van der Waals surface area contributed by atoms with Crippen LogP contribution in [0.1, 0.15) is 5.56 Å².